The molecule has 1 aliphatic heterocycles. The molecule has 1 aromatic rings. The van der Waals surface area contributed by atoms with Crippen molar-refractivity contribution in [3.63, 3.8) is 0 Å². The maximum Gasteiger partial charge on any atom is 0.241 e. The van der Waals surface area contributed by atoms with E-state index in [1.807, 2.05) is 19.2 Å². The van der Waals surface area contributed by atoms with Gasteiger partial charge in [-0.2, -0.15) is 0 Å². The van der Waals surface area contributed by atoms with Crippen molar-refractivity contribution in [2.75, 3.05) is 31.6 Å². The van der Waals surface area contributed by atoms with E-state index in [2.05, 4.69) is 16.3 Å². The smallest absolute Gasteiger partial charge is 0.241 e. The van der Waals surface area contributed by atoms with Crippen LogP contribution in [0.3, 0.4) is 0 Å². The summed E-state index contributed by atoms with van der Waals surface area (Å²) in [6.07, 6.45) is 2.55. The summed E-state index contributed by atoms with van der Waals surface area (Å²) in [4.78, 5) is 15.8. The summed E-state index contributed by atoms with van der Waals surface area (Å²) in [6, 6.07) is 6.64. The minimum atomic E-state index is 0.164. The molecular formula is C15H20ClN3O. The zero-order valence-electron chi connectivity index (χ0n) is 11.7. The summed E-state index contributed by atoms with van der Waals surface area (Å²) in [5.74, 6) is 0.164. The Labute approximate surface area is 124 Å². The first-order chi connectivity index (χ1) is 9.63. The number of amides is 1. The van der Waals surface area contributed by atoms with Crippen molar-refractivity contribution < 1.29 is 4.79 Å². The van der Waals surface area contributed by atoms with Crippen molar-refractivity contribution in [3.8, 4) is 0 Å². The lowest BCUT2D eigenvalue weighted by Gasteiger charge is -2.34. The third kappa shape index (κ3) is 3.07. The van der Waals surface area contributed by atoms with Gasteiger partial charge in [-0.1, -0.05) is 17.7 Å². The molecule has 3 rings (SSSR count). The molecule has 1 N–H and O–H groups in total. The van der Waals surface area contributed by atoms with Crippen LogP contribution in [0.1, 0.15) is 18.4 Å². The summed E-state index contributed by atoms with van der Waals surface area (Å²) in [6.45, 7) is 2.91. The predicted octanol–water partition coefficient (Wildman–Crippen LogP) is 1.87. The summed E-state index contributed by atoms with van der Waals surface area (Å²) < 4.78 is 0. The van der Waals surface area contributed by atoms with Crippen LogP contribution >= 0.6 is 11.6 Å². The lowest BCUT2D eigenvalue weighted by molar-refractivity contribution is -0.129. The molecule has 0 atom stereocenters. The Morgan fingerprint density at radius 2 is 2.15 bits per heavy atom. The zero-order chi connectivity index (χ0) is 14.1. The number of carbonyl (C=O) groups is 1. The molecule has 0 radical (unpaired) electrons. The summed E-state index contributed by atoms with van der Waals surface area (Å²) in [5.41, 5.74) is 2.31. The van der Waals surface area contributed by atoms with E-state index in [0.29, 0.717) is 12.6 Å². The highest BCUT2D eigenvalue weighted by molar-refractivity contribution is 6.30. The molecular weight excluding hydrogens is 274 g/mol. The second-order valence-corrected chi connectivity index (χ2v) is 6.10. The molecule has 108 valence electrons. The van der Waals surface area contributed by atoms with E-state index < -0.39 is 0 Å². The number of carbonyl (C=O) groups excluding carboxylic acids is 1. The lowest BCUT2D eigenvalue weighted by atomic mass is 10.1. The van der Waals surface area contributed by atoms with Crippen LogP contribution in [-0.2, 0) is 11.3 Å². The highest BCUT2D eigenvalue weighted by atomic mass is 35.5. The van der Waals surface area contributed by atoms with E-state index in [-0.39, 0.29) is 5.91 Å². The van der Waals surface area contributed by atoms with Gasteiger partial charge in [-0.25, -0.2) is 0 Å². The fourth-order valence-electron chi connectivity index (χ4n) is 2.49. The SMILES string of the molecule is CN1CCN(c2cc(Cl)ccc2CNC2CC2)CC1=O. The maximum atomic E-state index is 11.9. The zero-order valence-corrected chi connectivity index (χ0v) is 12.5. The first-order valence-electron chi connectivity index (χ1n) is 7.14. The Kier molecular flexibility index (Phi) is 3.85. The molecule has 1 aromatic carbocycles. The molecule has 0 unspecified atom stereocenters. The number of hydrogen-bond donors (Lipinski definition) is 1. The average molecular weight is 294 g/mol. The highest BCUT2D eigenvalue weighted by Crippen LogP contribution is 2.27. The Morgan fingerprint density at radius 1 is 1.35 bits per heavy atom. The van der Waals surface area contributed by atoms with Crippen molar-refractivity contribution in [2.24, 2.45) is 0 Å². The number of anilines is 1. The van der Waals surface area contributed by atoms with Crippen LogP contribution in [0.2, 0.25) is 5.02 Å². The monoisotopic (exact) mass is 293 g/mol. The topological polar surface area (TPSA) is 35.6 Å². The van der Waals surface area contributed by atoms with Gasteiger partial charge in [0.2, 0.25) is 5.91 Å². The minimum absolute atomic E-state index is 0.164. The molecule has 1 amide bonds. The number of piperazine rings is 1. The van der Waals surface area contributed by atoms with Crippen molar-refractivity contribution in [2.45, 2.75) is 25.4 Å². The highest BCUT2D eigenvalue weighted by Gasteiger charge is 2.24. The van der Waals surface area contributed by atoms with Crippen LogP contribution in [0.25, 0.3) is 0 Å². The van der Waals surface area contributed by atoms with Crippen molar-refractivity contribution in [1.29, 1.82) is 0 Å². The van der Waals surface area contributed by atoms with Gasteiger partial charge < -0.3 is 15.1 Å². The van der Waals surface area contributed by atoms with Crippen LogP contribution in [0.4, 0.5) is 5.69 Å². The number of halogens is 1. The Morgan fingerprint density at radius 3 is 2.85 bits per heavy atom. The molecule has 2 aliphatic rings. The molecule has 2 fully saturated rings. The number of rotatable bonds is 4. The number of benzene rings is 1. The van der Waals surface area contributed by atoms with Crippen LogP contribution in [0.15, 0.2) is 18.2 Å². The molecule has 1 aliphatic carbocycles. The fraction of sp³-hybridized carbons (Fsp3) is 0.533. The van der Waals surface area contributed by atoms with E-state index in [0.717, 1.165) is 30.3 Å². The molecule has 1 heterocycles. The van der Waals surface area contributed by atoms with Gasteiger partial charge in [0.1, 0.15) is 0 Å². The molecule has 20 heavy (non-hydrogen) atoms. The largest absolute Gasteiger partial charge is 0.360 e. The quantitative estimate of drug-likeness (QED) is 0.920. The van der Waals surface area contributed by atoms with Crippen LogP contribution in [0.5, 0.6) is 0 Å². The second kappa shape index (κ2) is 5.62. The first-order valence-corrected chi connectivity index (χ1v) is 7.52. The summed E-state index contributed by atoms with van der Waals surface area (Å²) in [5, 5.41) is 4.25. The predicted molar refractivity (Wildman–Crippen MR) is 81.2 cm³/mol. The third-order valence-corrected chi connectivity index (χ3v) is 4.24. The number of nitrogens with one attached hydrogen (secondary N) is 1. The van der Waals surface area contributed by atoms with Gasteiger partial charge >= 0.3 is 0 Å². The van der Waals surface area contributed by atoms with Gasteiger partial charge in [0.25, 0.3) is 0 Å². The average Bonchev–Trinajstić information content (AvgIpc) is 3.24. The van der Waals surface area contributed by atoms with E-state index in [1.54, 1.807) is 4.90 Å². The van der Waals surface area contributed by atoms with E-state index in [4.69, 9.17) is 11.6 Å². The van der Waals surface area contributed by atoms with Crippen molar-refractivity contribution >= 4 is 23.2 Å². The normalized spacial score (nSPS) is 19.6. The van der Waals surface area contributed by atoms with E-state index in [1.165, 1.54) is 18.4 Å². The Bertz CT molecular complexity index is 516. The molecule has 0 bridgehead atoms. The number of likely N-dealkylation sites (N-methyl/N-ethyl adjacent to an activating group) is 1. The Balaban J connectivity index is 1.78. The van der Waals surface area contributed by atoms with Gasteiger partial charge in [0.15, 0.2) is 0 Å². The van der Waals surface area contributed by atoms with E-state index >= 15 is 0 Å². The van der Waals surface area contributed by atoms with Crippen LogP contribution in [0, 0.1) is 0 Å². The van der Waals surface area contributed by atoms with Crippen LogP contribution < -0.4 is 10.2 Å². The van der Waals surface area contributed by atoms with Gasteiger partial charge in [-0.15, -0.1) is 0 Å². The van der Waals surface area contributed by atoms with Crippen LogP contribution in [-0.4, -0.2) is 43.5 Å². The molecule has 0 aromatic heterocycles. The molecule has 5 heteroatoms. The Hall–Kier alpha value is -1.26. The number of nitrogens with zero attached hydrogens (tertiary/aromatic N) is 2. The minimum Gasteiger partial charge on any atom is -0.360 e. The molecule has 0 spiro atoms. The molecule has 1 saturated heterocycles. The van der Waals surface area contributed by atoms with Gasteiger partial charge in [0.05, 0.1) is 6.54 Å². The fourth-order valence-corrected chi connectivity index (χ4v) is 2.65. The summed E-state index contributed by atoms with van der Waals surface area (Å²) in [7, 11) is 1.85. The van der Waals surface area contributed by atoms with Gasteiger partial charge in [0, 0.05) is 43.4 Å². The first kappa shape index (κ1) is 13.7. The van der Waals surface area contributed by atoms with Crippen molar-refractivity contribution in [3.05, 3.63) is 28.8 Å². The molecule has 4 nitrogen and oxygen atoms in total. The maximum absolute atomic E-state index is 11.9. The summed E-state index contributed by atoms with van der Waals surface area (Å²) >= 11 is 6.13. The molecule has 1 saturated carbocycles. The van der Waals surface area contributed by atoms with Gasteiger partial charge in [-0.05, 0) is 30.5 Å². The third-order valence-electron chi connectivity index (χ3n) is 4.00. The lowest BCUT2D eigenvalue weighted by Crippen LogP contribution is -2.48. The standard InChI is InChI=1S/C15H20ClN3O/c1-18-6-7-19(10-15(18)20)14-8-12(16)3-2-11(14)9-17-13-4-5-13/h2-3,8,13,17H,4-7,9-10H2,1H3. The van der Waals surface area contributed by atoms with Crippen molar-refractivity contribution in [1.82, 2.24) is 10.2 Å². The second-order valence-electron chi connectivity index (χ2n) is 5.67. The van der Waals surface area contributed by atoms with Gasteiger partial charge in [-0.3, -0.25) is 4.79 Å². The van der Waals surface area contributed by atoms with E-state index in [9.17, 15) is 4.79 Å². The number of hydrogen-bond acceptors (Lipinski definition) is 3.